The second kappa shape index (κ2) is 4.73. The zero-order valence-electron chi connectivity index (χ0n) is 9.42. The average molecular weight is 230 g/mol. The van der Waals surface area contributed by atoms with Crippen LogP contribution in [0.1, 0.15) is 45.4 Å². The highest BCUT2D eigenvalue weighted by atomic mass is 35.5. The number of hydrogen-bond donors (Lipinski definition) is 0. The van der Waals surface area contributed by atoms with Crippen molar-refractivity contribution < 1.29 is 4.79 Å². The van der Waals surface area contributed by atoms with Crippen LogP contribution in [-0.4, -0.2) is 28.8 Å². The van der Waals surface area contributed by atoms with Gasteiger partial charge in [0.2, 0.25) is 5.91 Å². The van der Waals surface area contributed by atoms with Crippen molar-refractivity contribution in [3.05, 3.63) is 0 Å². The van der Waals surface area contributed by atoms with Crippen LogP contribution in [0.2, 0.25) is 0 Å². The van der Waals surface area contributed by atoms with E-state index in [0.29, 0.717) is 18.4 Å². The molecule has 86 valence electrons. The number of amides is 1. The third-order valence-corrected chi connectivity index (χ3v) is 4.23. The zero-order valence-corrected chi connectivity index (χ0v) is 10.2. The van der Waals surface area contributed by atoms with E-state index in [0.717, 1.165) is 6.54 Å². The number of rotatable bonds is 2. The minimum Gasteiger partial charge on any atom is -0.338 e. The second-order valence-electron chi connectivity index (χ2n) is 4.99. The van der Waals surface area contributed by atoms with Crippen LogP contribution < -0.4 is 0 Å². The van der Waals surface area contributed by atoms with Crippen molar-refractivity contribution in [1.29, 1.82) is 0 Å². The Bertz CT molecular complexity index is 238. The molecule has 2 atom stereocenters. The van der Waals surface area contributed by atoms with Crippen LogP contribution in [0.25, 0.3) is 0 Å². The normalized spacial score (nSPS) is 30.9. The van der Waals surface area contributed by atoms with Crippen molar-refractivity contribution in [2.75, 3.05) is 6.54 Å². The lowest BCUT2D eigenvalue weighted by atomic mass is 9.84. The fourth-order valence-electron chi connectivity index (χ4n) is 2.95. The molecule has 1 heterocycles. The van der Waals surface area contributed by atoms with Gasteiger partial charge in [0.05, 0.1) is 5.38 Å². The Morgan fingerprint density at radius 3 is 2.53 bits per heavy atom. The highest BCUT2D eigenvalue weighted by Crippen LogP contribution is 2.31. The molecular weight excluding hydrogens is 210 g/mol. The standard InChI is InChI=1S/C12H20ClNO/c1-9(10-5-3-2-4-6-10)14-8-11(13)7-12(14)15/h9-11H,2-8H2,1H3/t9-,11?/m0/s1. The molecule has 0 spiro atoms. The summed E-state index contributed by atoms with van der Waals surface area (Å²) in [6.45, 7) is 2.96. The van der Waals surface area contributed by atoms with Crippen LogP contribution in [0.5, 0.6) is 0 Å². The third-order valence-electron chi connectivity index (χ3n) is 3.93. The van der Waals surface area contributed by atoms with Crippen molar-refractivity contribution in [2.45, 2.75) is 56.9 Å². The highest BCUT2D eigenvalue weighted by Gasteiger charge is 2.34. The molecule has 0 aromatic rings. The van der Waals surface area contributed by atoms with Gasteiger partial charge in [-0.3, -0.25) is 4.79 Å². The molecule has 2 fully saturated rings. The zero-order chi connectivity index (χ0) is 10.8. The molecule has 1 amide bonds. The van der Waals surface area contributed by atoms with Gasteiger partial charge in [-0.05, 0) is 25.7 Å². The number of alkyl halides is 1. The van der Waals surface area contributed by atoms with Crippen molar-refractivity contribution >= 4 is 17.5 Å². The number of carbonyl (C=O) groups is 1. The summed E-state index contributed by atoms with van der Waals surface area (Å²) in [6.07, 6.45) is 7.16. The lowest BCUT2D eigenvalue weighted by Crippen LogP contribution is -2.40. The summed E-state index contributed by atoms with van der Waals surface area (Å²) in [5.74, 6) is 0.970. The van der Waals surface area contributed by atoms with Crippen LogP contribution in [0.3, 0.4) is 0 Å². The Labute approximate surface area is 97.0 Å². The molecule has 1 unspecified atom stereocenters. The summed E-state index contributed by atoms with van der Waals surface area (Å²) < 4.78 is 0. The topological polar surface area (TPSA) is 20.3 Å². The van der Waals surface area contributed by atoms with E-state index in [9.17, 15) is 4.79 Å². The second-order valence-corrected chi connectivity index (χ2v) is 5.60. The summed E-state index contributed by atoms with van der Waals surface area (Å²) >= 11 is 6.02. The maximum Gasteiger partial charge on any atom is 0.224 e. The fraction of sp³-hybridized carbons (Fsp3) is 0.917. The van der Waals surface area contributed by atoms with Gasteiger partial charge in [0.25, 0.3) is 0 Å². The van der Waals surface area contributed by atoms with Gasteiger partial charge < -0.3 is 4.90 Å². The van der Waals surface area contributed by atoms with E-state index >= 15 is 0 Å². The minimum atomic E-state index is 0.0449. The summed E-state index contributed by atoms with van der Waals surface area (Å²) in [6, 6.07) is 0.404. The van der Waals surface area contributed by atoms with Crippen molar-refractivity contribution in [1.82, 2.24) is 4.90 Å². The van der Waals surface area contributed by atoms with Gasteiger partial charge in [-0.25, -0.2) is 0 Å². The van der Waals surface area contributed by atoms with E-state index in [1.165, 1.54) is 32.1 Å². The number of carbonyl (C=O) groups excluding carboxylic acids is 1. The first-order valence-corrected chi connectivity index (χ1v) is 6.55. The molecule has 1 aliphatic heterocycles. The number of hydrogen-bond acceptors (Lipinski definition) is 1. The lowest BCUT2D eigenvalue weighted by Gasteiger charge is -2.34. The third kappa shape index (κ3) is 2.47. The number of likely N-dealkylation sites (tertiary alicyclic amines) is 1. The molecule has 0 aromatic carbocycles. The molecule has 15 heavy (non-hydrogen) atoms. The van der Waals surface area contributed by atoms with E-state index in [1.807, 2.05) is 4.90 Å². The van der Waals surface area contributed by atoms with Crippen LogP contribution in [0.4, 0.5) is 0 Å². The monoisotopic (exact) mass is 229 g/mol. The smallest absolute Gasteiger partial charge is 0.224 e. The maximum atomic E-state index is 11.7. The Hall–Kier alpha value is -0.240. The molecule has 0 N–H and O–H groups in total. The average Bonchev–Trinajstić information content (AvgIpc) is 2.58. The maximum absolute atomic E-state index is 11.7. The Morgan fingerprint density at radius 1 is 1.33 bits per heavy atom. The van der Waals surface area contributed by atoms with Crippen LogP contribution in [-0.2, 0) is 4.79 Å². The lowest BCUT2D eigenvalue weighted by molar-refractivity contribution is -0.130. The van der Waals surface area contributed by atoms with E-state index in [2.05, 4.69) is 6.92 Å². The minimum absolute atomic E-state index is 0.0449. The first-order valence-electron chi connectivity index (χ1n) is 6.12. The summed E-state index contributed by atoms with van der Waals surface area (Å²) in [7, 11) is 0. The Balaban J connectivity index is 1.94. The molecule has 0 radical (unpaired) electrons. The highest BCUT2D eigenvalue weighted by molar-refractivity contribution is 6.22. The van der Waals surface area contributed by atoms with Gasteiger partial charge in [0, 0.05) is 19.0 Å². The van der Waals surface area contributed by atoms with Gasteiger partial charge in [0.1, 0.15) is 0 Å². The molecular formula is C12H20ClNO. The number of nitrogens with zero attached hydrogens (tertiary/aromatic N) is 1. The molecule has 3 heteroatoms. The van der Waals surface area contributed by atoms with Gasteiger partial charge in [0.15, 0.2) is 0 Å². The van der Waals surface area contributed by atoms with Gasteiger partial charge >= 0.3 is 0 Å². The van der Waals surface area contributed by atoms with Gasteiger partial charge in [-0.1, -0.05) is 19.3 Å². The molecule has 2 aliphatic rings. The largest absolute Gasteiger partial charge is 0.338 e. The summed E-state index contributed by atoms with van der Waals surface area (Å²) in [5, 5.41) is 0.0449. The van der Waals surface area contributed by atoms with Gasteiger partial charge in [-0.2, -0.15) is 0 Å². The quantitative estimate of drug-likeness (QED) is 0.667. The Kier molecular flexibility index (Phi) is 3.55. The van der Waals surface area contributed by atoms with Crippen LogP contribution in [0.15, 0.2) is 0 Å². The van der Waals surface area contributed by atoms with E-state index < -0.39 is 0 Å². The molecule has 2 rings (SSSR count). The fourth-order valence-corrected chi connectivity index (χ4v) is 3.23. The van der Waals surface area contributed by atoms with Crippen molar-refractivity contribution in [3.63, 3.8) is 0 Å². The van der Waals surface area contributed by atoms with E-state index in [1.54, 1.807) is 0 Å². The van der Waals surface area contributed by atoms with Crippen LogP contribution >= 0.6 is 11.6 Å². The van der Waals surface area contributed by atoms with Crippen molar-refractivity contribution in [2.24, 2.45) is 5.92 Å². The summed E-state index contributed by atoms with van der Waals surface area (Å²) in [5.41, 5.74) is 0. The summed E-state index contributed by atoms with van der Waals surface area (Å²) in [4.78, 5) is 13.7. The molecule has 0 aromatic heterocycles. The first kappa shape index (κ1) is 11.3. The molecule has 1 saturated heterocycles. The van der Waals surface area contributed by atoms with Gasteiger partial charge in [-0.15, -0.1) is 11.6 Å². The predicted molar refractivity (Wildman–Crippen MR) is 62.0 cm³/mol. The SMILES string of the molecule is C[C@@H](C1CCCCC1)N1CC(Cl)CC1=O. The predicted octanol–water partition coefficient (Wildman–Crippen LogP) is 2.79. The van der Waals surface area contributed by atoms with Crippen LogP contribution in [0, 0.1) is 5.92 Å². The molecule has 0 bridgehead atoms. The van der Waals surface area contributed by atoms with Crippen molar-refractivity contribution in [3.8, 4) is 0 Å². The Morgan fingerprint density at radius 2 is 2.00 bits per heavy atom. The molecule has 1 aliphatic carbocycles. The molecule has 1 saturated carbocycles. The number of halogens is 1. The first-order chi connectivity index (χ1) is 7.18. The van der Waals surface area contributed by atoms with E-state index in [-0.39, 0.29) is 11.3 Å². The molecule has 2 nitrogen and oxygen atoms in total. The van der Waals surface area contributed by atoms with E-state index in [4.69, 9.17) is 11.6 Å².